The van der Waals surface area contributed by atoms with Crippen LogP contribution in [0.5, 0.6) is 5.75 Å². The summed E-state index contributed by atoms with van der Waals surface area (Å²) in [7, 11) is 1.21. The predicted molar refractivity (Wildman–Crippen MR) is 41.5 cm³/mol. The Kier molecular flexibility index (Phi) is 1.04. The second kappa shape index (κ2) is 3.05. The van der Waals surface area contributed by atoms with Crippen molar-refractivity contribution >= 4 is 5.91 Å². The highest BCUT2D eigenvalue weighted by atomic mass is 16.5. The zero-order valence-corrected chi connectivity index (χ0v) is 5.89. The first-order chi connectivity index (χ1) is 6.91. The second-order valence-electron chi connectivity index (χ2n) is 1.77. The normalized spacial score (nSPS) is 14.3. The molecule has 0 saturated carbocycles. The number of nitrogens with two attached hydrogens (primary N) is 1. The number of hydrogen-bond acceptors (Lipinski definition) is 2. The summed E-state index contributed by atoms with van der Waals surface area (Å²) in [5.74, 6) is -1.17. The molecule has 0 saturated heterocycles. The fourth-order valence-electron chi connectivity index (χ4n) is 0.628. The van der Waals surface area contributed by atoms with E-state index >= 15 is 0 Å². The summed E-state index contributed by atoms with van der Waals surface area (Å²) in [4.78, 5) is 11.0. The average Bonchev–Trinajstić information content (AvgIpc) is 2.19. The Morgan fingerprint density at radius 2 is 2.27 bits per heavy atom. The van der Waals surface area contributed by atoms with Gasteiger partial charge < -0.3 is 10.5 Å². The van der Waals surface area contributed by atoms with Crippen molar-refractivity contribution in [1.29, 1.82) is 0 Å². The van der Waals surface area contributed by atoms with E-state index in [4.69, 9.17) is 16.0 Å². The number of primary amides is 1. The summed E-state index contributed by atoms with van der Waals surface area (Å²) in [5.41, 5.74) is 4.68. The molecule has 0 aliphatic carbocycles. The molecule has 0 spiro atoms. The lowest BCUT2D eigenvalue weighted by Gasteiger charge is -2.02. The third kappa shape index (κ3) is 1.49. The number of carbonyl (C=O) groups is 1. The summed E-state index contributed by atoms with van der Waals surface area (Å²) in [6.45, 7) is 0. The Morgan fingerprint density at radius 1 is 1.64 bits per heavy atom. The van der Waals surface area contributed by atoms with Gasteiger partial charge in [0.1, 0.15) is 5.75 Å². The van der Waals surface area contributed by atoms with Gasteiger partial charge in [0.2, 0.25) is 0 Å². The van der Waals surface area contributed by atoms with Crippen LogP contribution in [0.3, 0.4) is 0 Å². The minimum atomic E-state index is -0.946. The Hall–Kier alpha value is -1.51. The van der Waals surface area contributed by atoms with Crippen molar-refractivity contribution in [2.45, 2.75) is 0 Å². The Morgan fingerprint density at radius 3 is 2.82 bits per heavy atom. The largest absolute Gasteiger partial charge is 0.496 e. The van der Waals surface area contributed by atoms with E-state index in [1.807, 2.05) is 0 Å². The molecule has 1 rings (SSSR count). The van der Waals surface area contributed by atoms with Crippen molar-refractivity contribution in [3.63, 3.8) is 0 Å². The van der Waals surface area contributed by atoms with Gasteiger partial charge in [-0.15, -0.1) is 0 Å². The van der Waals surface area contributed by atoms with Crippen molar-refractivity contribution in [1.82, 2.24) is 0 Å². The summed E-state index contributed by atoms with van der Waals surface area (Å²) < 4.78 is 34.3. The Balaban J connectivity index is 3.70. The van der Waals surface area contributed by atoms with Gasteiger partial charge in [-0.3, -0.25) is 4.79 Å². The van der Waals surface area contributed by atoms with Gasteiger partial charge in [0.05, 0.1) is 18.2 Å². The molecule has 0 heterocycles. The minimum absolute atomic E-state index is 0.228. The predicted octanol–water partition coefficient (Wildman–Crippen LogP) is 0.794. The lowest BCUT2D eigenvalue weighted by Crippen LogP contribution is -2.11. The Bertz CT molecular complexity index is 433. The molecule has 3 nitrogen and oxygen atoms in total. The van der Waals surface area contributed by atoms with Crippen molar-refractivity contribution in [3.8, 4) is 5.75 Å². The van der Waals surface area contributed by atoms with Gasteiger partial charge in [0, 0.05) is 0 Å². The number of amides is 1. The molecule has 0 unspecified atom stereocenters. The fraction of sp³-hybridized carbons (Fsp3) is 0.125. The zero-order chi connectivity index (χ0) is 11.7. The lowest BCUT2D eigenvalue weighted by molar-refractivity contribution is 0.0997. The highest BCUT2D eigenvalue weighted by Crippen LogP contribution is 2.15. The quantitative estimate of drug-likeness (QED) is 0.686. The highest BCUT2D eigenvalue weighted by molar-refractivity contribution is 5.95. The molecule has 0 aliphatic heterocycles. The molecule has 0 aliphatic rings. The van der Waals surface area contributed by atoms with Crippen LogP contribution in [0.15, 0.2) is 24.2 Å². The van der Waals surface area contributed by atoms with Crippen molar-refractivity contribution in [3.05, 3.63) is 29.7 Å². The van der Waals surface area contributed by atoms with Gasteiger partial charge >= 0.3 is 0 Å². The van der Waals surface area contributed by atoms with Crippen LogP contribution < -0.4 is 10.5 Å². The number of benzene rings is 1. The Labute approximate surface area is 70.4 Å². The molecule has 1 amide bonds. The molecule has 0 fully saturated rings. The van der Waals surface area contributed by atoms with Crippen LogP contribution in [-0.4, -0.2) is 13.0 Å². The fourth-order valence-corrected chi connectivity index (χ4v) is 0.628. The minimum Gasteiger partial charge on any atom is -0.496 e. The molecule has 11 heavy (non-hydrogen) atoms. The van der Waals surface area contributed by atoms with Crippen LogP contribution in [0.4, 0.5) is 0 Å². The first-order valence-corrected chi connectivity index (χ1v) is 2.86. The van der Waals surface area contributed by atoms with E-state index in [-0.39, 0.29) is 11.3 Å². The summed E-state index contributed by atoms with van der Waals surface area (Å²) in [5, 5.41) is 0. The second-order valence-corrected chi connectivity index (χ2v) is 1.77. The number of carbonyl (C=O) groups excluding carboxylic acids is 1. The van der Waals surface area contributed by atoms with Crippen molar-refractivity contribution < 1.29 is 15.0 Å². The maximum Gasteiger partial charge on any atom is 0.252 e. The molecule has 0 radical (unpaired) electrons. The molecule has 0 bridgehead atoms. The van der Waals surface area contributed by atoms with Gasteiger partial charge in [-0.05, 0) is 12.1 Å². The molecule has 2 N–H and O–H groups in total. The number of ether oxygens (including phenoxy) is 1. The number of methoxy groups -OCH3 is 1. The van der Waals surface area contributed by atoms with Gasteiger partial charge in [0.15, 0.2) is 0 Å². The van der Waals surface area contributed by atoms with E-state index < -0.39 is 30.1 Å². The third-order valence-corrected chi connectivity index (χ3v) is 1.10. The van der Waals surface area contributed by atoms with E-state index in [2.05, 4.69) is 0 Å². The lowest BCUT2D eigenvalue weighted by atomic mass is 10.2. The van der Waals surface area contributed by atoms with E-state index in [1.54, 1.807) is 0 Å². The van der Waals surface area contributed by atoms with E-state index in [1.165, 1.54) is 7.11 Å². The van der Waals surface area contributed by atoms with E-state index in [0.717, 1.165) is 0 Å². The number of rotatable bonds is 2. The molecule has 58 valence electrons. The maximum absolute atomic E-state index is 11.0. The van der Waals surface area contributed by atoms with Crippen LogP contribution in [0, 0.1) is 0 Å². The number of para-hydroxylation sites is 1. The van der Waals surface area contributed by atoms with Crippen LogP contribution >= 0.6 is 0 Å². The van der Waals surface area contributed by atoms with Gasteiger partial charge in [0.25, 0.3) is 5.91 Å². The average molecular weight is 155 g/mol. The topological polar surface area (TPSA) is 52.3 Å². The zero-order valence-electron chi connectivity index (χ0n) is 9.89. The van der Waals surface area contributed by atoms with Crippen molar-refractivity contribution in [2.75, 3.05) is 7.11 Å². The van der Waals surface area contributed by atoms with Crippen LogP contribution in [0.2, 0.25) is 0 Å². The van der Waals surface area contributed by atoms with Crippen LogP contribution in [0.1, 0.15) is 15.8 Å². The molecular weight excluding hydrogens is 142 g/mol. The molecule has 1 aromatic rings. The van der Waals surface area contributed by atoms with Crippen molar-refractivity contribution in [2.24, 2.45) is 5.73 Å². The van der Waals surface area contributed by atoms with Crippen LogP contribution in [-0.2, 0) is 0 Å². The number of hydrogen-bond donors (Lipinski definition) is 1. The van der Waals surface area contributed by atoms with Crippen LogP contribution in [0.25, 0.3) is 0 Å². The standard InChI is InChI=1S/C8H9NO2/c1-11-7-5-3-2-4-6(7)8(9)10/h2-5H,1H3,(H2,9,10)/i2D,3D,4D,5D. The highest BCUT2D eigenvalue weighted by Gasteiger charge is 2.05. The molecule has 1 aromatic carbocycles. The first kappa shape index (κ1) is 3.76. The summed E-state index contributed by atoms with van der Waals surface area (Å²) >= 11 is 0. The van der Waals surface area contributed by atoms with E-state index in [9.17, 15) is 4.79 Å². The summed E-state index contributed by atoms with van der Waals surface area (Å²) in [6.07, 6.45) is 0. The maximum atomic E-state index is 11.0. The smallest absolute Gasteiger partial charge is 0.252 e. The third-order valence-electron chi connectivity index (χ3n) is 1.10. The summed E-state index contributed by atoms with van der Waals surface area (Å²) in [6, 6.07) is -1.86. The molecule has 3 heteroatoms. The van der Waals surface area contributed by atoms with Gasteiger partial charge in [-0.25, -0.2) is 0 Å². The molecular formula is C8H9NO2. The monoisotopic (exact) mass is 155 g/mol. The molecule has 0 aromatic heterocycles. The SMILES string of the molecule is [2H]c1c([2H])c([2H])c(C(N)=O)c(OC)c1[2H]. The first-order valence-electron chi connectivity index (χ1n) is 4.86. The van der Waals surface area contributed by atoms with Gasteiger partial charge in [-0.2, -0.15) is 0 Å². The van der Waals surface area contributed by atoms with E-state index in [0.29, 0.717) is 0 Å². The van der Waals surface area contributed by atoms with Gasteiger partial charge in [-0.1, -0.05) is 12.1 Å². The molecule has 0 atom stereocenters.